The summed E-state index contributed by atoms with van der Waals surface area (Å²) in [4.78, 5) is 11.7. The lowest BCUT2D eigenvalue weighted by Gasteiger charge is -2.04. The molecule has 0 spiro atoms. The van der Waals surface area contributed by atoms with E-state index in [0.717, 1.165) is 11.4 Å². The van der Waals surface area contributed by atoms with Gasteiger partial charge < -0.3 is 9.73 Å². The van der Waals surface area contributed by atoms with Crippen molar-refractivity contribution in [1.29, 1.82) is 0 Å². The van der Waals surface area contributed by atoms with Gasteiger partial charge in [-0.1, -0.05) is 0 Å². The molecule has 0 aromatic carbocycles. The topological polar surface area (TPSA) is 85.8 Å². The lowest BCUT2D eigenvalue weighted by Crippen LogP contribution is -2.28. The molecule has 0 radical (unpaired) electrons. The molecule has 1 amide bonds. The fourth-order valence-corrected chi connectivity index (χ4v) is 1.61. The summed E-state index contributed by atoms with van der Waals surface area (Å²) in [5.41, 5.74) is 1.85. The van der Waals surface area contributed by atoms with Crippen molar-refractivity contribution in [3.63, 3.8) is 0 Å². The Labute approximate surface area is 104 Å². The van der Waals surface area contributed by atoms with E-state index in [4.69, 9.17) is 4.42 Å². The van der Waals surface area contributed by atoms with Gasteiger partial charge in [-0.15, -0.1) is 10.2 Å². The number of nitrogens with one attached hydrogen (secondary N) is 1. The molecular weight excluding hydrogens is 234 g/mol. The molecular formula is C11H15N5O2. The zero-order valence-corrected chi connectivity index (χ0v) is 10.6. The number of nitrogens with zero attached hydrogens (tertiary/aromatic N) is 4. The molecule has 0 saturated heterocycles. The molecule has 0 aliphatic rings. The highest BCUT2D eigenvalue weighted by Crippen LogP contribution is 2.01. The first-order valence-electron chi connectivity index (χ1n) is 5.61. The summed E-state index contributed by atoms with van der Waals surface area (Å²) in [5.74, 6) is 0.740. The zero-order chi connectivity index (χ0) is 13.1. The van der Waals surface area contributed by atoms with E-state index in [1.807, 2.05) is 19.9 Å². The monoisotopic (exact) mass is 249 g/mol. The van der Waals surface area contributed by atoms with Crippen molar-refractivity contribution in [2.75, 3.05) is 0 Å². The zero-order valence-electron chi connectivity index (χ0n) is 10.6. The summed E-state index contributed by atoms with van der Waals surface area (Å²) in [6.45, 7) is 5.93. The Hall–Kier alpha value is -2.18. The van der Waals surface area contributed by atoms with Gasteiger partial charge in [-0.3, -0.25) is 9.48 Å². The average molecular weight is 249 g/mol. The summed E-state index contributed by atoms with van der Waals surface area (Å²) < 4.78 is 6.81. The van der Waals surface area contributed by atoms with Crippen molar-refractivity contribution < 1.29 is 9.21 Å². The molecule has 18 heavy (non-hydrogen) atoms. The van der Waals surface area contributed by atoms with E-state index < -0.39 is 0 Å². The maximum atomic E-state index is 11.7. The third-order valence-corrected chi connectivity index (χ3v) is 2.40. The van der Waals surface area contributed by atoms with E-state index in [1.165, 1.54) is 0 Å². The highest BCUT2D eigenvalue weighted by Gasteiger charge is 2.08. The highest BCUT2D eigenvalue weighted by molar-refractivity contribution is 5.75. The van der Waals surface area contributed by atoms with Crippen LogP contribution in [-0.2, 0) is 17.9 Å². The van der Waals surface area contributed by atoms with Crippen molar-refractivity contribution in [3.8, 4) is 0 Å². The molecule has 0 aliphatic carbocycles. The molecule has 96 valence electrons. The minimum absolute atomic E-state index is 0.142. The molecule has 1 N–H and O–H groups in total. The Kier molecular flexibility index (Phi) is 3.40. The highest BCUT2D eigenvalue weighted by atomic mass is 16.4. The second-order valence-electron chi connectivity index (χ2n) is 4.08. The largest absolute Gasteiger partial charge is 0.424 e. The second kappa shape index (κ2) is 4.99. The number of aryl methyl sites for hydroxylation is 3. The minimum atomic E-state index is -0.142. The van der Waals surface area contributed by atoms with E-state index in [1.54, 1.807) is 11.6 Å². The summed E-state index contributed by atoms with van der Waals surface area (Å²) in [7, 11) is 0. The van der Waals surface area contributed by atoms with Gasteiger partial charge in [-0.2, -0.15) is 5.10 Å². The summed E-state index contributed by atoms with van der Waals surface area (Å²) >= 11 is 0. The van der Waals surface area contributed by atoms with Crippen molar-refractivity contribution in [1.82, 2.24) is 25.3 Å². The van der Waals surface area contributed by atoms with E-state index in [2.05, 4.69) is 20.6 Å². The lowest BCUT2D eigenvalue weighted by molar-refractivity contribution is -0.122. The first-order chi connectivity index (χ1) is 8.54. The predicted molar refractivity (Wildman–Crippen MR) is 62.6 cm³/mol. The standard InChI is InChI=1S/C11H15N5O2/c1-7-4-8(2)16(15-7)6-10(17)12-5-11-14-13-9(3)18-11/h4H,5-6H2,1-3H3,(H,12,17). The fourth-order valence-electron chi connectivity index (χ4n) is 1.61. The van der Waals surface area contributed by atoms with Gasteiger partial charge in [0.2, 0.25) is 17.7 Å². The molecule has 0 atom stereocenters. The van der Waals surface area contributed by atoms with E-state index in [0.29, 0.717) is 11.8 Å². The van der Waals surface area contributed by atoms with Crippen LogP contribution < -0.4 is 5.32 Å². The number of amides is 1. The van der Waals surface area contributed by atoms with Crippen molar-refractivity contribution in [2.24, 2.45) is 0 Å². The Morgan fingerprint density at radius 2 is 2.17 bits per heavy atom. The fraction of sp³-hybridized carbons (Fsp3) is 0.455. The number of rotatable bonds is 4. The number of carbonyl (C=O) groups excluding carboxylic acids is 1. The quantitative estimate of drug-likeness (QED) is 0.853. The first kappa shape index (κ1) is 12.3. The minimum Gasteiger partial charge on any atom is -0.424 e. The smallest absolute Gasteiger partial charge is 0.242 e. The van der Waals surface area contributed by atoms with Gasteiger partial charge in [-0.05, 0) is 19.9 Å². The van der Waals surface area contributed by atoms with Crippen LogP contribution in [0.1, 0.15) is 23.2 Å². The number of aromatic nitrogens is 4. The van der Waals surface area contributed by atoms with Crippen LogP contribution in [0, 0.1) is 20.8 Å². The molecule has 0 fully saturated rings. The van der Waals surface area contributed by atoms with Crippen LogP contribution in [0.5, 0.6) is 0 Å². The predicted octanol–water partition coefficient (Wildman–Crippen LogP) is 0.508. The number of carbonyl (C=O) groups is 1. The SMILES string of the molecule is Cc1cc(C)n(CC(=O)NCc2nnc(C)o2)n1. The summed E-state index contributed by atoms with van der Waals surface area (Å²) in [6, 6.07) is 1.93. The van der Waals surface area contributed by atoms with Crippen LogP contribution in [0.15, 0.2) is 10.5 Å². The molecule has 0 unspecified atom stereocenters. The van der Waals surface area contributed by atoms with Gasteiger partial charge in [0.15, 0.2) is 0 Å². The van der Waals surface area contributed by atoms with E-state index >= 15 is 0 Å². The van der Waals surface area contributed by atoms with Crippen molar-refractivity contribution >= 4 is 5.91 Å². The molecule has 2 aromatic rings. The third kappa shape index (κ3) is 2.93. The second-order valence-corrected chi connectivity index (χ2v) is 4.08. The van der Waals surface area contributed by atoms with Crippen LogP contribution in [0.4, 0.5) is 0 Å². The molecule has 0 saturated carbocycles. The van der Waals surface area contributed by atoms with Gasteiger partial charge >= 0.3 is 0 Å². The Bertz CT molecular complexity index is 558. The molecule has 7 heteroatoms. The molecule has 0 aliphatic heterocycles. The maximum Gasteiger partial charge on any atom is 0.242 e. The Balaban J connectivity index is 1.87. The third-order valence-electron chi connectivity index (χ3n) is 2.40. The van der Waals surface area contributed by atoms with Crippen LogP contribution >= 0.6 is 0 Å². The van der Waals surface area contributed by atoms with Gasteiger partial charge in [0.1, 0.15) is 6.54 Å². The number of hydrogen-bond acceptors (Lipinski definition) is 5. The van der Waals surface area contributed by atoms with Gasteiger partial charge in [0, 0.05) is 12.6 Å². The molecule has 2 aromatic heterocycles. The van der Waals surface area contributed by atoms with Crippen molar-refractivity contribution in [3.05, 3.63) is 29.2 Å². The normalized spacial score (nSPS) is 10.6. The summed E-state index contributed by atoms with van der Waals surface area (Å²) in [6.07, 6.45) is 0. The Morgan fingerprint density at radius 3 is 2.72 bits per heavy atom. The molecule has 0 bridgehead atoms. The van der Waals surface area contributed by atoms with Crippen LogP contribution in [-0.4, -0.2) is 25.9 Å². The van der Waals surface area contributed by atoms with Crippen LogP contribution in [0.2, 0.25) is 0 Å². The maximum absolute atomic E-state index is 11.7. The van der Waals surface area contributed by atoms with Crippen molar-refractivity contribution in [2.45, 2.75) is 33.9 Å². The van der Waals surface area contributed by atoms with Gasteiger partial charge in [0.25, 0.3) is 0 Å². The molecule has 2 rings (SSSR count). The molecule has 7 nitrogen and oxygen atoms in total. The van der Waals surface area contributed by atoms with Gasteiger partial charge in [-0.25, -0.2) is 0 Å². The Morgan fingerprint density at radius 1 is 1.39 bits per heavy atom. The average Bonchev–Trinajstić information content (AvgIpc) is 2.83. The molecule has 2 heterocycles. The van der Waals surface area contributed by atoms with E-state index in [-0.39, 0.29) is 19.0 Å². The first-order valence-corrected chi connectivity index (χ1v) is 5.61. The summed E-state index contributed by atoms with van der Waals surface area (Å²) in [5, 5.41) is 14.4. The lowest BCUT2D eigenvalue weighted by atomic mass is 10.4. The van der Waals surface area contributed by atoms with Crippen LogP contribution in [0.3, 0.4) is 0 Å². The van der Waals surface area contributed by atoms with Crippen LogP contribution in [0.25, 0.3) is 0 Å². The van der Waals surface area contributed by atoms with Gasteiger partial charge in [0.05, 0.1) is 12.2 Å². The number of hydrogen-bond donors (Lipinski definition) is 1. The van der Waals surface area contributed by atoms with E-state index in [9.17, 15) is 4.79 Å².